The first kappa shape index (κ1) is 25.0. The van der Waals surface area contributed by atoms with Gasteiger partial charge < -0.3 is 14.2 Å². The van der Waals surface area contributed by atoms with Crippen LogP contribution in [-0.2, 0) is 21.4 Å². The predicted octanol–water partition coefficient (Wildman–Crippen LogP) is 2.20. The molecule has 13 heteroatoms. The normalized spacial score (nSPS) is 15.6. The quantitative estimate of drug-likeness (QED) is 0.605. The lowest BCUT2D eigenvalue weighted by molar-refractivity contribution is -0.274. The van der Waals surface area contributed by atoms with Crippen molar-refractivity contribution in [3.05, 3.63) is 41.3 Å². The Morgan fingerprint density at radius 1 is 1.15 bits per heavy atom. The van der Waals surface area contributed by atoms with Crippen molar-refractivity contribution in [3.8, 4) is 5.75 Å². The molecule has 1 aliphatic rings. The highest BCUT2D eigenvalue weighted by molar-refractivity contribution is 7.89. The summed E-state index contributed by atoms with van der Waals surface area (Å²) in [5.74, 6) is -0.249. The molecule has 9 nitrogen and oxygen atoms in total. The minimum Gasteiger partial charge on any atom is -0.406 e. The number of benzene rings is 1. The van der Waals surface area contributed by atoms with Crippen LogP contribution in [0.4, 0.5) is 13.2 Å². The van der Waals surface area contributed by atoms with Crippen LogP contribution in [0, 0.1) is 13.8 Å². The van der Waals surface area contributed by atoms with Gasteiger partial charge in [0.2, 0.25) is 15.9 Å². The summed E-state index contributed by atoms with van der Waals surface area (Å²) >= 11 is 0. The van der Waals surface area contributed by atoms with Gasteiger partial charge in [-0.05, 0) is 31.5 Å². The number of alkyl halides is 3. The molecule has 1 fully saturated rings. The number of hydrogen-bond donors (Lipinski definition) is 1. The zero-order chi connectivity index (χ0) is 24.2. The summed E-state index contributed by atoms with van der Waals surface area (Å²) in [6.45, 7) is 5.66. The maximum atomic E-state index is 12.5. The Bertz CT molecular complexity index is 1040. The summed E-state index contributed by atoms with van der Waals surface area (Å²) in [6.07, 6.45) is -4.71. The van der Waals surface area contributed by atoms with Gasteiger partial charge in [0.05, 0.1) is 0 Å². The number of piperazine rings is 1. The number of nitrogens with zero attached hydrogens (tertiary/aromatic N) is 3. The minimum absolute atomic E-state index is 0.0124. The summed E-state index contributed by atoms with van der Waals surface area (Å²) in [5.41, 5.74) is 1.09. The summed E-state index contributed by atoms with van der Waals surface area (Å²) in [4.78, 5) is 16.2. The largest absolute Gasteiger partial charge is 0.573 e. The number of carbonyl (C=O) groups excluding carboxylic acids is 1. The molecule has 2 heterocycles. The molecule has 182 valence electrons. The van der Waals surface area contributed by atoms with Crippen LogP contribution < -0.4 is 9.46 Å². The van der Waals surface area contributed by atoms with Crippen molar-refractivity contribution in [1.29, 1.82) is 0 Å². The van der Waals surface area contributed by atoms with Crippen LogP contribution in [0.3, 0.4) is 0 Å². The molecule has 1 saturated heterocycles. The third kappa shape index (κ3) is 6.92. The number of aryl methyl sites for hydroxylation is 2. The van der Waals surface area contributed by atoms with E-state index in [0.717, 1.165) is 5.56 Å². The van der Waals surface area contributed by atoms with Gasteiger partial charge in [0.1, 0.15) is 16.3 Å². The molecule has 33 heavy (non-hydrogen) atoms. The highest BCUT2D eigenvalue weighted by atomic mass is 32.2. The van der Waals surface area contributed by atoms with Gasteiger partial charge in [-0.2, -0.15) is 0 Å². The second kappa shape index (κ2) is 10.1. The highest BCUT2D eigenvalue weighted by Crippen LogP contribution is 2.23. The standard InChI is InChI=1S/C20H25F3N4O5S/c1-14-19(15(2)32-25-14)33(29,30)24-8-7-18(28)27-11-9-26(10-12-27)13-16-3-5-17(6-4-16)31-20(21,22)23/h3-6,24H,7-13H2,1-2H3. The molecule has 0 unspecified atom stereocenters. The number of hydrogen-bond acceptors (Lipinski definition) is 7. The molecular weight excluding hydrogens is 465 g/mol. The molecule has 0 bridgehead atoms. The zero-order valence-corrected chi connectivity index (χ0v) is 19.0. The molecule has 3 rings (SSSR count). The minimum atomic E-state index is -4.72. The number of aromatic nitrogens is 1. The first-order valence-corrected chi connectivity index (χ1v) is 11.7. The SMILES string of the molecule is Cc1noc(C)c1S(=O)(=O)NCCC(=O)N1CCN(Cc2ccc(OC(F)(F)F)cc2)CC1. The first-order chi connectivity index (χ1) is 15.4. The molecule has 1 aliphatic heterocycles. The van der Waals surface area contributed by atoms with Gasteiger partial charge >= 0.3 is 6.36 Å². The van der Waals surface area contributed by atoms with Crippen molar-refractivity contribution in [2.75, 3.05) is 32.7 Å². The van der Waals surface area contributed by atoms with Crippen LogP contribution >= 0.6 is 0 Å². The van der Waals surface area contributed by atoms with E-state index in [1.165, 1.54) is 26.0 Å². The molecule has 1 N–H and O–H groups in total. The van der Waals surface area contributed by atoms with Gasteiger partial charge in [-0.25, -0.2) is 13.1 Å². The summed E-state index contributed by atoms with van der Waals surface area (Å²) in [6, 6.07) is 5.69. The Morgan fingerprint density at radius 2 is 1.79 bits per heavy atom. The number of rotatable bonds is 8. The predicted molar refractivity (Wildman–Crippen MR) is 111 cm³/mol. The number of halogens is 3. The van der Waals surface area contributed by atoms with E-state index in [1.54, 1.807) is 17.0 Å². The Balaban J connectivity index is 1.42. The van der Waals surface area contributed by atoms with Crippen molar-refractivity contribution in [1.82, 2.24) is 19.7 Å². The zero-order valence-electron chi connectivity index (χ0n) is 18.2. The number of ether oxygens (including phenoxy) is 1. The van der Waals surface area contributed by atoms with E-state index in [1.807, 2.05) is 0 Å². The lowest BCUT2D eigenvalue weighted by Gasteiger charge is -2.34. The number of carbonyl (C=O) groups is 1. The highest BCUT2D eigenvalue weighted by Gasteiger charge is 2.31. The van der Waals surface area contributed by atoms with Gasteiger partial charge in [-0.3, -0.25) is 9.69 Å². The summed E-state index contributed by atoms with van der Waals surface area (Å²) < 4.78 is 72.7. The Labute approximate surface area is 189 Å². The maximum Gasteiger partial charge on any atom is 0.573 e. The van der Waals surface area contributed by atoms with E-state index in [9.17, 15) is 26.4 Å². The fraction of sp³-hybridized carbons (Fsp3) is 0.500. The van der Waals surface area contributed by atoms with Crippen LogP contribution in [0.5, 0.6) is 5.75 Å². The van der Waals surface area contributed by atoms with Crippen molar-refractivity contribution >= 4 is 15.9 Å². The second-order valence-electron chi connectivity index (χ2n) is 7.65. The Morgan fingerprint density at radius 3 is 2.33 bits per heavy atom. The Kier molecular flexibility index (Phi) is 7.65. The van der Waals surface area contributed by atoms with Crippen molar-refractivity contribution < 1.29 is 35.6 Å². The molecule has 0 radical (unpaired) electrons. The maximum absolute atomic E-state index is 12.5. The monoisotopic (exact) mass is 490 g/mol. The average molecular weight is 491 g/mol. The molecular formula is C20H25F3N4O5S. The molecule has 1 aromatic carbocycles. The van der Waals surface area contributed by atoms with Crippen molar-refractivity contribution in [2.24, 2.45) is 0 Å². The van der Waals surface area contributed by atoms with Crippen LogP contribution in [0.2, 0.25) is 0 Å². The van der Waals surface area contributed by atoms with Gasteiger partial charge in [0.25, 0.3) is 0 Å². The third-order valence-corrected chi connectivity index (χ3v) is 6.86. The molecule has 0 aliphatic carbocycles. The van der Waals surface area contributed by atoms with Gasteiger partial charge in [-0.1, -0.05) is 17.3 Å². The van der Waals surface area contributed by atoms with E-state index in [4.69, 9.17) is 4.52 Å². The van der Waals surface area contributed by atoms with Gasteiger partial charge in [-0.15, -0.1) is 13.2 Å². The fourth-order valence-corrected chi connectivity index (χ4v) is 4.95. The van der Waals surface area contributed by atoms with Crippen LogP contribution in [0.1, 0.15) is 23.4 Å². The summed E-state index contributed by atoms with van der Waals surface area (Å²) in [7, 11) is -3.82. The fourth-order valence-electron chi connectivity index (χ4n) is 3.59. The average Bonchev–Trinajstić information content (AvgIpc) is 3.07. The van der Waals surface area contributed by atoms with E-state index in [-0.39, 0.29) is 41.0 Å². The van der Waals surface area contributed by atoms with Gasteiger partial charge in [0.15, 0.2) is 5.76 Å². The van der Waals surface area contributed by atoms with Crippen LogP contribution in [-0.4, -0.2) is 68.4 Å². The van der Waals surface area contributed by atoms with E-state index in [2.05, 4.69) is 19.5 Å². The summed E-state index contributed by atoms with van der Waals surface area (Å²) in [5, 5.41) is 3.63. The number of sulfonamides is 1. The van der Waals surface area contributed by atoms with Crippen molar-refractivity contribution in [2.45, 2.75) is 38.1 Å². The van der Waals surface area contributed by atoms with E-state index < -0.39 is 16.4 Å². The number of nitrogens with one attached hydrogen (secondary N) is 1. The third-order valence-electron chi connectivity index (χ3n) is 5.16. The lowest BCUT2D eigenvalue weighted by atomic mass is 10.2. The van der Waals surface area contributed by atoms with E-state index >= 15 is 0 Å². The van der Waals surface area contributed by atoms with Crippen molar-refractivity contribution in [3.63, 3.8) is 0 Å². The molecule has 1 aromatic heterocycles. The molecule has 1 amide bonds. The van der Waals surface area contributed by atoms with Crippen LogP contribution in [0.15, 0.2) is 33.7 Å². The second-order valence-corrected chi connectivity index (χ2v) is 9.35. The molecule has 0 atom stereocenters. The van der Waals surface area contributed by atoms with Gasteiger partial charge in [0, 0.05) is 45.7 Å². The molecule has 0 saturated carbocycles. The smallest absolute Gasteiger partial charge is 0.406 e. The Hall–Kier alpha value is -2.64. The molecule has 2 aromatic rings. The number of amides is 1. The molecule has 0 spiro atoms. The van der Waals surface area contributed by atoms with E-state index in [0.29, 0.717) is 32.7 Å². The van der Waals surface area contributed by atoms with Crippen LogP contribution in [0.25, 0.3) is 0 Å². The first-order valence-electron chi connectivity index (χ1n) is 10.2. The topological polar surface area (TPSA) is 105 Å². The lowest BCUT2D eigenvalue weighted by Crippen LogP contribution is -2.48.